The highest BCUT2D eigenvalue weighted by Crippen LogP contribution is 2.44. The number of carbonyl (C=O) groups excluding carboxylic acids is 2. The van der Waals surface area contributed by atoms with Crippen LogP contribution in [0.25, 0.3) is 11.1 Å². The first kappa shape index (κ1) is 22.8. The van der Waals surface area contributed by atoms with Crippen molar-refractivity contribution in [2.45, 2.75) is 58.7 Å². The SMILES string of the molecule is CC(C)C[C@H](ONC(=O)OCC1c2ccccc2-c2ccccc21)C(=O)OC(C)(C)C. The van der Waals surface area contributed by atoms with E-state index in [0.29, 0.717) is 6.42 Å². The van der Waals surface area contributed by atoms with Crippen LogP contribution in [0, 0.1) is 5.92 Å². The molecule has 166 valence electrons. The molecule has 1 amide bonds. The Morgan fingerprint density at radius 3 is 2.03 bits per heavy atom. The van der Waals surface area contributed by atoms with Gasteiger partial charge in [-0.2, -0.15) is 5.48 Å². The van der Waals surface area contributed by atoms with Crippen LogP contribution in [0.5, 0.6) is 0 Å². The van der Waals surface area contributed by atoms with E-state index in [0.717, 1.165) is 22.3 Å². The maximum atomic E-state index is 12.4. The number of carbonyl (C=O) groups is 2. The van der Waals surface area contributed by atoms with Gasteiger partial charge in [0, 0.05) is 5.92 Å². The Kier molecular flexibility index (Phi) is 7.01. The second-order valence-electron chi connectivity index (χ2n) is 9.20. The molecule has 0 saturated heterocycles. The highest BCUT2D eigenvalue weighted by molar-refractivity contribution is 5.79. The van der Waals surface area contributed by atoms with Gasteiger partial charge in [0.2, 0.25) is 0 Å². The van der Waals surface area contributed by atoms with Crippen molar-refractivity contribution in [3.05, 3.63) is 59.7 Å². The summed E-state index contributed by atoms with van der Waals surface area (Å²) in [5.74, 6) is -0.377. The molecule has 6 nitrogen and oxygen atoms in total. The first-order valence-corrected chi connectivity index (χ1v) is 10.6. The van der Waals surface area contributed by atoms with E-state index in [9.17, 15) is 9.59 Å². The van der Waals surface area contributed by atoms with Crippen LogP contribution in [0.3, 0.4) is 0 Å². The predicted octanol–water partition coefficient (Wildman–Crippen LogP) is 5.21. The zero-order valence-electron chi connectivity index (χ0n) is 18.8. The van der Waals surface area contributed by atoms with Crippen molar-refractivity contribution in [2.75, 3.05) is 6.61 Å². The molecule has 2 aromatic carbocycles. The molecule has 0 aliphatic heterocycles. The molecule has 0 aromatic heterocycles. The molecule has 0 fully saturated rings. The molecule has 0 heterocycles. The van der Waals surface area contributed by atoms with Crippen molar-refractivity contribution in [2.24, 2.45) is 5.92 Å². The minimum absolute atomic E-state index is 0.0459. The van der Waals surface area contributed by atoms with Crippen LogP contribution < -0.4 is 5.48 Å². The van der Waals surface area contributed by atoms with E-state index in [1.807, 2.05) is 38.1 Å². The molecular weight excluding hydrogens is 394 g/mol. The topological polar surface area (TPSA) is 73.9 Å². The van der Waals surface area contributed by atoms with Gasteiger partial charge in [-0.25, -0.2) is 9.59 Å². The molecule has 1 aliphatic carbocycles. The van der Waals surface area contributed by atoms with E-state index in [4.69, 9.17) is 14.3 Å². The van der Waals surface area contributed by atoms with Crippen LogP contribution in [0.2, 0.25) is 0 Å². The monoisotopic (exact) mass is 425 g/mol. The number of amides is 1. The summed E-state index contributed by atoms with van der Waals surface area (Å²) in [6.07, 6.45) is -1.22. The Labute approximate surface area is 183 Å². The number of hydrogen-bond acceptors (Lipinski definition) is 5. The summed E-state index contributed by atoms with van der Waals surface area (Å²) in [6.45, 7) is 9.47. The minimum atomic E-state index is -0.903. The van der Waals surface area contributed by atoms with Gasteiger partial charge in [-0.3, -0.25) is 4.84 Å². The zero-order valence-corrected chi connectivity index (χ0v) is 18.8. The number of rotatable bonds is 7. The van der Waals surface area contributed by atoms with Crippen LogP contribution in [0.1, 0.15) is 58.1 Å². The van der Waals surface area contributed by atoms with Crippen LogP contribution in [-0.4, -0.2) is 30.4 Å². The Bertz CT molecular complexity index is 886. The number of nitrogens with one attached hydrogen (secondary N) is 1. The van der Waals surface area contributed by atoms with Crippen LogP contribution in [-0.2, 0) is 19.1 Å². The van der Waals surface area contributed by atoms with Crippen molar-refractivity contribution in [1.82, 2.24) is 5.48 Å². The van der Waals surface area contributed by atoms with Gasteiger partial charge in [-0.05, 0) is 55.4 Å². The van der Waals surface area contributed by atoms with Gasteiger partial charge in [-0.1, -0.05) is 62.4 Å². The lowest BCUT2D eigenvalue weighted by molar-refractivity contribution is -0.173. The highest BCUT2D eigenvalue weighted by Gasteiger charge is 2.30. The highest BCUT2D eigenvalue weighted by atomic mass is 16.7. The summed E-state index contributed by atoms with van der Waals surface area (Å²) in [6, 6.07) is 16.2. The van der Waals surface area contributed by atoms with Crippen molar-refractivity contribution in [3.63, 3.8) is 0 Å². The molecule has 1 aliphatic rings. The maximum Gasteiger partial charge on any atom is 0.431 e. The molecule has 0 spiro atoms. The summed E-state index contributed by atoms with van der Waals surface area (Å²) in [5, 5.41) is 0. The fourth-order valence-electron chi connectivity index (χ4n) is 3.74. The fraction of sp³-hybridized carbons (Fsp3) is 0.440. The average molecular weight is 426 g/mol. The lowest BCUT2D eigenvalue weighted by Gasteiger charge is -2.24. The largest absolute Gasteiger partial charge is 0.458 e. The van der Waals surface area contributed by atoms with E-state index >= 15 is 0 Å². The molecule has 6 heteroatoms. The molecule has 0 bridgehead atoms. The summed E-state index contributed by atoms with van der Waals surface area (Å²) in [4.78, 5) is 30.1. The normalized spacial score (nSPS) is 14.0. The quantitative estimate of drug-likeness (QED) is 0.487. The molecule has 3 rings (SSSR count). The van der Waals surface area contributed by atoms with E-state index in [1.54, 1.807) is 20.8 Å². The molecule has 1 N–H and O–H groups in total. The van der Waals surface area contributed by atoms with E-state index in [1.165, 1.54) is 0 Å². The zero-order chi connectivity index (χ0) is 22.6. The van der Waals surface area contributed by atoms with Crippen LogP contribution in [0.4, 0.5) is 4.79 Å². The summed E-state index contributed by atoms with van der Waals surface area (Å²) >= 11 is 0. The standard InChI is InChI=1S/C25H31NO5/c1-16(2)14-22(23(27)30-25(3,4)5)31-26-24(28)29-15-21-19-12-8-6-10-17(19)18-11-7-9-13-20(18)21/h6-13,16,21-22H,14-15H2,1-5H3,(H,26,28)/t22-/m0/s1. The number of hydroxylamine groups is 1. The summed E-state index contributed by atoms with van der Waals surface area (Å²) in [5.41, 5.74) is 6.20. The molecular formula is C25H31NO5. The van der Waals surface area contributed by atoms with Gasteiger partial charge in [0.25, 0.3) is 0 Å². The Morgan fingerprint density at radius 1 is 0.968 bits per heavy atom. The Hall–Kier alpha value is -2.86. The molecule has 31 heavy (non-hydrogen) atoms. The number of ether oxygens (including phenoxy) is 2. The average Bonchev–Trinajstić information content (AvgIpc) is 3.02. The minimum Gasteiger partial charge on any atom is -0.458 e. The number of hydrogen-bond donors (Lipinski definition) is 1. The number of benzene rings is 2. The van der Waals surface area contributed by atoms with Crippen molar-refractivity contribution in [3.8, 4) is 11.1 Å². The van der Waals surface area contributed by atoms with Gasteiger partial charge in [0.1, 0.15) is 12.2 Å². The maximum absolute atomic E-state index is 12.4. The molecule has 2 aromatic rings. The molecule has 1 atom stereocenters. The van der Waals surface area contributed by atoms with E-state index < -0.39 is 23.8 Å². The predicted molar refractivity (Wildman–Crippen MR) is 118 cm³/mol. The third kappa shape index (κ3) is 5.85. The van der Waals surface area contributed by atoms with Crippen LogP contribution in [0.15, 0.2) is 48.5 Å². The Morgan fingerprint density at radius 2 is 1.52 bits per heavy atom. The van der Waals surface area contributed by atoms with Crippen molar-refractivity contribution < 1.29 is 23.9 Å². The lowest BCUT2D eigenvalue weighted by atomic mass is 9.98. The lowest BCUT2D eigenvalue weighted by Crippen LogP contribution is -2.39. The number of fused-ring (bicyclic) bond motifs is 3. The molecule has 0 saturated carbocycles. The fourth-order valence-corrected chi connectivity index (χ4v) is 3.74. The smallest absolute Gasteiger partial charge is 0.431 e. The van der Waals surface area contributed by atoms with Gasteiger partial charge in [0.05, 0.1) is 0 Å². The van der Waals surface area contributed by atoms with Crippen molar-refractivity contribution in [1.29, 1.82) is 0 Å². The summed E-state index contributed by atoms with van der Waals surface area (Å²) in [7, 11) is 0. The van der Waals surface area contributed by atoms with Gasteiger partial charge >= 0.3 is 12.1 Å². The molecule has 0 radical (unpaired) electrons. The van der Waals surface area contributed by atoms with E-state index in [2.05, 4.69) is 29.7 Å². The van der Waals surface area contributed by atoms with Gasteiger partial charge < -0.3 is 9.47 Å². The first-order valence-electron chi connectivity index (χ1n) is 10.6. The second kappa shape index (κ2) is 9.52. The second-order valence-corrected chi connectivity index (χ2v) is 9.20. The Balaban J connectivity index is 1.60. The third-order valence-electron chi connectivity index (χ3n) is 4.98. The third-order valence-corrected chi connectivity index (χ3v) is 4.98. The molecule has 0 unspecified atom stereocenters. The van der Waals surface area contributed by atoms with Crippen LogP contribution >= 0.6 is 0 Å². The number of esters is 1. The van der Waals surface area contributed by atoms with Gasteiger partial charge in [-0.15, -0.1) is 0 Å². The summed E-state index contributed by atoms with van der Waals surface area (Å²) < 4.78 is 10.8. The van der Waals surface area contributed by atoms with Gasteiger partial charge in [0.15, 0.2) is 6.10 Å². The van der Waals surface area contributed by atoms with Crippen molar-refractivity contribution >= 4 is 12.1 Å². The van der Waals surface area contributed by atoms with E-state index in [-0.39, 0.29) is 18.4 Å². The first-order chi connectivity index (χ1) is 14.7.